The highest BCUT2D eigenvalue weighted by Gasteiger charge is 2.37. The van der Waals surface area contributed by atoms with Crippen LogP contribution in [0.25, 0.3) is 11.8 Å². The van der Waals surface area contributed by atoms with Crippen molar-refractivity contribution in [3.05, 3.63) is 81.3 Å². The maximum Gasteiger partial charge on any atom is 0.340 e. The van der Waals surface area contributed by atoms with Crippen molar-refractivity contribution in [2.75, 3.05) is 13.7 Å². The van der Waals surface area contributed by atoms with E-state index in [2.05, 4.69) is 48.8 Å². The van der Waals surface area contributed by atoms with E-state index in [0.29, 0.717) is 23.4 Å². The highest BCUT2D eigenvalue weighted by atomic mass is 16.5. The number of methoxy groups -OCH3 is 1. The van der Waals surface area contributed by atoms with Gasteiger partial charge in [-0.1, -0.05) is 23.8 Å². The highest BCUT2D eigenvalue weighted by molar-refractivity contribution is 6.16. The van der Waals surface area contributed by atoms with Crippen LogP contribution in [0.5, 0.6) is 0 Å². The van der Waals surface area contributed by atoms with Crippen molar-refractivity contribution in [1.82, 2.24) is 9.47 Å². The number of carbonyl (C=O) groups is 2. The predicted octanol–water partition coefficient (Wildman–Crippen LogP) is 5.97. The Kier molecular flexibility index (Phi) is 6.92. The minimum absolute atomic E-state index is 0.130. The van der Waals surface area contributed by atoms with E-state index in [1.54, 1.807) is 4.90 Å². The lowest BCUT2D eigenvalue weighted by Gasteiger charge is -2.20. The molecule has 1 amide bonds. The van der Waals surface area contributed by atoms with Crippen LogP contribution in [0.1, 0.15) is 61.5 Å². The molecule has 0 fully saturated rings. The molecule has 0 N–H and O–H groups in total. The molecule has 2 aromatic rings. The topological polar surface area (TPSA) is 51.5 Å². The predicted molar refractivity (Wildman–Crippen MR) is 136 cm³/mol. The van der Waals surface area contributed by atoms with Crippen molar-refractivity contribution in [1.29, 1.82) is 0 Å². The number of rotatable bonds is 6. The summed E-state index contributed by atoms with van der Waals surface area (Å²) in [6.45, 7) is 8.60. The zero-order chi connectivity index (χ0) is 24.4. The van der Waals surface area contributed by atoms with Gasteiger partial charge in [0.2, 0.25) is 0 Å². The van der Waals surface area contributed by atoms with Crippen molar-refractivity contribution in [3.8, 4) is 5.69 Å². The summed E-state index contributed by atoms with van der Waals surface area (Å²) in [7, 11) is 1.36. The number of amides is 1. The van der Waals surface area contributed by atoms with Gasteiger partial charge in [0, 0.05) is 29.3 Å². The first-order valence-corrected chi connectivity index (χ1v) is 12.1. The summed E-state index contributed by atoms with van der Waals surface area (Å²) >= 11 is 0. The number of hydrogen-bond donors (Lipinski definition) is 0. The third-order valence-electron chi connectivity index (χ3n) is 6.97. The SMILES string of the molecule is COC(=O)C1=C(C)N(CCC2=CCCCC2)C(=O)/C1=C\c1cc(C)n(-c2cccc(C)c2)c1C. The lowest BCUT2D eigenvalue weighted by molar-refractivity contribution is -0.136. The van der Waals surface area contributed by atoms with Crippen molar-refractivity contribution < 1.29 is 14.3 Å². The van der Waals surface area contributed by atoms with Crippen molar-refractivity contribution in [2.24, 2.45) is 0 Å². The van der Waals surface area contributed by atoms with Crippen LogP contribution in [0.4, 0.5) is 0 Å². The fraction of sp³-hybridized carbons (Fsp3) is 0.379. The second kappa shape index (κ2) is 9.88. The van der Waals surface area contributed by atoms with E-state index in [1.807, 2.05) is 26.0 Å². The summed E-state index contributed by atoms with van der Waals surface area (Å²) in [5, 5.41) is 0. The van der Waals surface area contributed by atoms with Gasteiger partial charge in [0.1, 0.15) is 0 Å². The molecule has 0 bridgehead atoms. The summed E-state index contributed by atoms with van der Waals surface area (Å²) in [6, 6.07) is 10.4. The highest BCUT2D eigenvalue weighted by Crippen LogP contribution is 2.34. The number of allylic oxidation sites excluding steroid dienone is 2. The van der Waals surface area contributed by atoms with Gasteiger partial charge in [0.05, 0.1) is 18.3 Å². The molecule has 5 nitrogen and oxygen atoms in total. The van der Waals surface area contributed by atoms with E-state index in [1.165, 1.54) is 31.1 Å². The molecule has 34 heavy (non-hydrogen) atoms. The van der Waals surface area contributed by atoms with Crippen LogP contribution in [0.3, 0.4) is 0 Å². The fourth-order valence-corrected chi connectivity index (χ4v) is 5.14. The number of hydrogen-bond acceptors (Lipinski definition) is 3. The van der Waals surface area contributed by atoms with Crippen molar-refractivity contribution in [2.45, 2.75) is 59.8 Å². The molecule has 0 atom stereocenters. The number of carbonyl (C=O) groups excluding carboxylic acids is 2. The van der Waals surface area contributed by atoms with Crippen LogP contribution in [-0.2, 0) is 14.3 Å². The Labute approximate surface area is 202 Å². The third kappa shape index (κ3) is 4.52. The van der Waals surface area contributed by atoms with Gasteiger partial charge >= 0.3 is 5.97 Å². The van der Waals surface area contributed by atoms with Gasteiger partial charge < -0.3 is 14.2 Å². The molecule has 4 rings (SSSR count). The molecule has 0 unspecified atom stereocenters. The third-order valence-corrected chi connectivity index (χ3v) is 6.97. The molecular weight excluding hydrogens is 424 g/mol. The van der Waals surface area contributed by atoms with E-state index in [4.69, 9.17) is 4.74 Å². The number of nitrogens with zero attached hydrogens (tertiary/aromatic N) is 2. The minimum atomic E-state index is -0.469. The molecule has 0 saturated carbocycles. The lowest BCUT2D eigenvalue weighted by Crippen LogP contribution is -2.26. The second-order valence-electron chi connectivity index (χ2n) is 9.33. The van der Waals surface area contributed by atoms with Gasteiger partial charge in [-0.2, -0.15) is 0 Å². The van der Waals surface area contributed by atoms with Crippen LogP contribution in [0.15, 0.2) is 58.8 Å². The maximum atomic E-state index is 13.5. The van der Waals surface area contributed by atoms with Gasteiger partial charge in [0.25, 0.3) is 5.91 Å². The second-order valence-corrected chi connectivity index (χ2v) is 9.33. The first-order valence-electron chi connectivity index (χ1n) is 12.1. The maximum absolute atomic E-state index is 13.5. The number of ether oxygens (including phenoxy) is 1. The van der Waals surface area contributed by atoms with E-state index in [0.717, 1.165) is 41.9 Å². The Morgan fingerprint density at radius 2 is 1.91 bits per heavy atom. The van der Waals surface area contributed by atoms with Gasteiger partial charge in [-0.15, -0.1) is 0 Å². The van der Waals surface area contributed by atoms with E-state index >= 15 is 0 Å². The van der Waals surface area contributed by atoms with Crippen LogP contribution in [-0.4, -0.2) is 35.0 Å². The van der Waals surface area contributed by atoms with E-state index < -0.39 is 5.97 Å². The Morgan fingerprint density at radius 1 is 1.12 bits per heavy atom. The number of aromatic nitrogens is 1. The summed E-state index contributed by atoms with van der Waals surface area (Å²) < 4.78 is 7.25. The average Bonchev–Trinajstić information content (AvgIpc) is 3.24. The molecule has 0 saturated heterocycles. The minimum Gasteiger partial charge on any atom is -0.465 e. The summed E-state index contributed by atoms with van der Waals surface area (Å²) in [6.07, 6.45) is 9.67. The van der Waals surface area contributed by atoms with Crippen LogP contribution >= 0.6 is 0 Å². The van der Waals surface area contributed by atoms with Crippen LogP contribution < -0.4 is 0 Å². The van der Waals surface area contributed by atoms with Gasteiger partial charge in [-0.3, -0.25) is 4.79 Å². The van der Waals surface area contributed by atoms with Crippen molar-refractivity contribution in [3.63, 3.8) is 0 Å². The molecule has 1 aromatic carbocycles. The Bertz CT molecular complexity index is 1230. The smallest absolute Gasteiger partial charge is 0.340 e. The molecule has 178 valence electrons. The standard InChI is InChI=1S/C29H34N2O3/c1-19-10-9-13-25(16-19)31-20(2)17-24(21(31)3)18-26-27(29(33)34-5)22(4)30(28(26)32)15-14-23-11-7-6-8-12-23/h9-11,13,16-18H,6-8,12,14-15H2,1-5H3/b26-18-. The van der Waals surface area contributed by atoms with Crippen molar-refractivity contribution >= 4 is 18.0 Å². The largest absolute Gasteiger partial charge is 0.465 e. The normalized spacial score (nSPS) is 17.6. The Morgan fingerprint density at radius 3 is 2.59 bits per heavy atom. The molecular formula is C29H34N2O3. The monoisotopic (exact) mass is 458 g/mol. The van der Waals surface area contributed by atoms with Crippen LogP contribution in [0, 0.1) is 20.8 Å². The number of aryl methyl sites for hydroxylation is 2. The number of benzene rings is 1. The molecule has 1 aliphatic heterocycles. The molecule has 1 aliphatic carbocycles. The first-order chi connectivity index (χ1) is 16.3. The molecule has 0 radical (unpaired) electrons. The quantitative estimate of drug-likeness (QED) is 0.305. The fourth-order valence-electron chi connectivity index (χ4n) is 5.14. The summed E-state index contributed by atoms with van der Waals surface area (Å²) in [5.74, 6) is -0.598. The summed E-state index contributed by atoms with van der Waals surface area (Å²) in [4.78, 5) is 28.0. The van der Waals surface area contributed by atoms with Gasteiger partial charge in [-0.05, 0) is 95.2 Å². The van der Waals surface area contributed by atoms with Gasteiger partial charge in [-0.25, -0.2) is 4.79 Å². The molecule has 2 aliphatic rings. The molecule has 1 aromatic heterocycles. The zero-order valence-corrected chi connectivity index (χ0v) is 20.9. The number of esters is 1. The summed E-state index contributed by atoms with van der Waals surface area (Å²) in [5.41, 5.74) is 8.15. The molecule has 5 heteroatoms. The van der Waals surface area contributed by atoms with Gasteiger partial charge in [0.15, 0.2) is 0 Å². The van der Waals surface area contributed by atoms with E-state index in [-0.39, 0.29) is 5.91 Å². The zero-order valence-electron chi connectivity index (χ0n) is 20.9. The van der Waals surface area contributed by atoms with Crippen LogP contribution in [0.2, 0.25) is 0 Å². The van der Waals surface area contributed by atoms with E-state index in [9.17, 15) is 9.59 Å². The Balaban J connectivity index is 1.70. The molecule has 2 heterocycles. The Hall–Kier alpha value is -3.34. The molecule has 0 spiro atoms. The average molecular weight is 459 g/mol. The first kappa shape index (κ1) is 23.8. The lowest BCUT2D eigenvalue weighted by atomic mass is 9.97.